The Hall–Kier alpha value is -6.01. The number of hydrogen-bond acceptors (Lipinski definition) is 4. The quantitative estimate of drug-likeness (QED) is 0.184. The van der Waals surface area contributed by atoms with Crippen LogP contribution in [0, 0.1) is 34.6 Å². The predicted octanol–water partition coefficient (Wildman–Crippen LogP) is 10.4. The van der Waals surface area contributed by atoms with Gasteiger partial charge in [-0.15, -0.1) is 0 Å². The molecule has 8 rings (SSSR count). The summed E-state index contributed by atoms with van der Waals surface area (Å²) in [4.78, 5) is 8.90. The van der Waals surface area contributed by atoms with Gasteiger partial charge < -0.3 is 4.74 Å². The number of nitrogens with zero attached hydrogens (tertiary/aromatic N) is 5. The third kappa shape index (κ3) is 5.03. The molecule has 4 aromatic heterocycles. The first-order valence-corrected chi connectivity index (χ1v) is 16.2. The SMILES string of the molecule is Cc1ccnc(-n2c3ccccc3c3ccc(Oc4cccc(-n5nc(C)c(-c6c(C)cc(-c7ccncc7)cc6C)c5C)c4)cc32)c1. The van der Waals surface area contributed by atoms with Crippen molar-refractivity contribution in [3.8, 4) is 45.3 Å². The number of pyridine rings is 2. The fourth-order valence-corrected chi connectivity index (χ4v) is 7.04. The minimum atomic E-state index is 0.742. The van der Waals surface area contributed by atoms with Gasteiger partial charge in [0.15, 0.2) is 0 Å². The van der Waals surface area contributed by atoms with E-state index in [-0.39, 0.29) is 0 Å². The average molecular weight is 626 g/mol. The summed E-state index contributed by atoms with van der Waals surface area (Å²) in [6, 6.07) is 35.6. The molecule has 0 radical (unpaired) electrons. The van der Waals surface area contributed by atoms with Crippen molar-refractivity contribution in [3.05, 3.63) is 150 Å². The van der Waals surface area contributed by atoms with Crippen LogP contribution in [0.25, 0.3) is 55.6 Å². The topological polar surface area (TPSA) is 57.8 Å². The molecule has 0 amide bonds. The van der Waals surface area contributed by atoms with E-state index in [9.17, 15) is 0 Å². The lowest BCUT2D eigenvalue weighted by molar-refractivity contribution is 0.482. The lowest BCUT2D eigenvalue weighted by Crippen LogP contribution is -2.00. The Balaban J connectivity index is 1.15. The number of aromatic nitrogens is 5. The minimum absolute atomic E-state index is 0.742. The van der Waals surface area contributed by atoms with E-state index in [0.717, 1.165) is 61.9 Å². The average Bonchev–Trinajstić information content (AvgIpc) is 3.57. The summed E-state index contributed by atoms with van der Waals surface area (Å²) >= 11 is 0. The minimum Gasteiger partial charge on any atom is -0.457 e. The highest BCUT2D eigenvalue weighted by Gasteiger charge is 2.20. The largest absolute Gasteiger partial charge is 0.457 e. The lowest BCUT2D eigenvalue weighted by Gasteiger charge is -2.14. The van der Waals surface area contributed by atoms with Gasteiger partial charge in [0, 0.05) is 52.8 Å². The second kappa shape index (κ2) is 11.7. The molecule has 0 aliphatic heterocycles. The van der Waals surface area contributed by atoms with E-state index in [1.54, 1.807) is 0 Å². The molecule has 0 spiro atoms. The first-order chi connectivity index (χ1) is 23.4. The van der Waals surface area contributed by atoms with Gasteiger partial charge in [-0.3, -0.25) is 9.55 Å². The highest BCUT2D eigenvalue weighted by Crippen LogP contribution is 2.38. The van der Waals surface area contributed by atoms with E-state index in [2.05, 4.69) is 123 Å². The Bertz CT molecular complexity index is 2470. The molecule has 234 valence electrons. The van der Waals surface area contributed by atoms with Crippen LogP contribution in [0.3, 0.4) is 0 Å². The van der Waals surface area contributed by atoms with Gasteiger partial charge in [0.25, 0.3) is 0 Å². The summed E-state index contributed by atoms with van der Waals surface area (Å²) in [5.74, 6) is 2.38. The van der Waals surface area contributed by atoms with Gasteiger partial charge in [-0.25, -0.2) is 9.67 Å². The zero-order chi connectivity index (χ0) is 32.9. The molecule has 0 saturated heterocycles. The number of rotatable bonds is 6. The Morgan fingerprint density at radius 1 is 0.583 bits per heavy atom. The zero-order valence-electron chi connectivity index (χ0n) is 27.7. The van der Waals surface area contributed by atoms with Crippen LogP contribution in [-0.4, -0.2) is 24.3 Å². The maximum Gasteiger partial charge on any atom is 0.137 e. The molecule has 0 unspecified atom stereocenters. The van der Waals surface area contributed by atoms with Crippen molar-refractivity contribution >= 4 is 21.8 Å². The van der Waals surface area contributed by atoms with E-state index >= 15 is 0 Å². The number of ether oxygens (including phenoxy) is 1. The molecule has 0 aliphatic carbocycles. The maximum atomic E-state index is 6.53. The smallest absolute Gasteiger partial charge is 0.137 e. The van der Waals surface area contributed by atoms with Crippen molar-refractivity contribution in [1.82, 2.24) is 24.3 Å². The predicted molar refractivity (Wildman–Crippen MR) is 195 cm³/mol. The van der Waals surface area contributed by atoms with Gasteiger partial charge in [-0.1, -0.05) is 36.4 Å². The highest BCUT2D eigenvalue weighted by atomic mass is 16.5. The van der Waals surface area contributed by atoms with Gasteiger partial charge in [0.2, 0.25) is 0 Å². The van der Waals surface area contributed by atoms with Gasteiger partial charge in [0.05, 0.1) is 22.4 Å². The standard InChI is InChI=1S/C42H35N5O/c1-26-15-20-44-40(21-26)46-38-12-7-6-11-36(38)37-14-13-35(25-39(37)46)48-34-10-8-9-33(24-34)47-30(5)42(29(4)45-47)41-27(2)22-32(23-28(41)3)31-16-18-43-19-17-31/h6-25H,1-5H3. The van der Waals surface area contributed by atoms with Gasteiger partial charge in [-0.05, 0) is 123 Å². The van der Waals surface area contributed by atoms with Crippen LogP contribution < -0.4 is 4.74 Å². The highest BCUT2D eigenvalue weighted by molar-refractivity contribution is 6.09. The van der Waals surface area contributed by atoms with Crippen molar-refractivity contribution in [1.29, 1.82) is 0 Å². The molecule has 0 saturated carbocycles. The van der Waals surface area contributed by atoms with Crippen LogP contribution in [-0.2, 0) is 0 Å². The van der Waals surface area contributed by atoms with E-state index in [4.69, 9.17) is 14.8 Å². The second-order valence-corrected chi connectivity index (χ2v) is 12.5. The molecule has 0 fully saturated rings. The number of benzene rings is 4. The molecule has 6 nitrogen and oxygen atoms in total. The summed E-state index contributed by atoms with van der Waals surface area (Å²) in [6.45, 7) is 10.7. The molecule has 6 heteroatoms. The van der Waals surface area contributed by atoms with Crippen molar-refractivity contribution < 1.29 is 4.74 Å². The van der Waals surface area contributed by atoms with Crippen LogP contribution in [0.15, 0.2) is 122 Å². The molecule has 0 N–H and O–H groups in total. The molecule has 4 heterocycles. The van der Waals surface area contributed by atoms with Crippen molar-refractivity contribution in [2.24, 2.45) is 0 Å². The third-order valence-corrected chi connectivity index (χ3v) is 9.16. The normalized spacial score (nSPS) is 11.4. The number of para-hydroxylation sites is 1. The van der Waals surface area contributed by atoms with E-state index < -0.39 is 0 Å². The Kier molecular flexibility index (Phi) is 7.14. The van der Waals surface area contributed by atoms with Crippen molar-refractivity contribution in [2.75, 3.05) is 0 Å². The molecular weight excluding hydrogens is 590 g/mol. The Labute approximate surface area is 279 Å². The molecule has 0 bridgehead atoms. The molecular formula is C42H35N5O. The molecule has 4 aromatic carbocycles. The summed E-state index contributed by atoms with van der Waals surface area (Å²) in [5, 5.41) is 7.37. The van der Waals surface area contributed by atoms with E-state index in [1.807, 2.05) is 47.5 Å². The first-order valence-electron chi connectivity index (χ1n) is 16.2. The summed E-state index contributed by atoms with van der Waals surface area (Å²) in [5.41, 5.74) is 13.5. The van der Waals surface area contributed by atoms with Crippen LogP contribution in [0.2, 0.25) is 0 Å². The fraction of sp³-hybridized carbons (Fsp3) is 0.119. The third-order valence-electron chi connectivity index (χ3n) is 9.16. The van der Waals surface area contributed by atoms with Gasteiger partial charge in [0.1, 0.15) is 17.3 Å². The Morgan fingerprint density at radius 2 is 1.33 bits per heavy atom. The summed E-state index contributed by atoms with van der Waals surface area (Å²) in [7, 11) is 0. The number of hydrogen-bond donors (Lipinski definition) is 0. The van der Waals surface area contributed by atoms with Crippen LogP contribution in [0.1, 0.15) is 28.1 Å². The van der Waals surface area contributed by atoms with Crippen LogP contribution >= 0.6 is 0 Å². The zero-order valence-corrected chi connectivity index (χ0v) is 27.7. The lowest BCUT2D eigenvalue weighted by atomic mass is 9.90. The molecule has 8 aromatic rings. The van der Waals surface area contributed by atoms with Gasteiger partial charge >= 0.3 is 0 Å². The van der Waals surface area contributed by atoms with Crippen LogP contribution in [0.5, 0.6) is 11.5 Å². The van der Waals surface area contributed by atoms with E-state index in [0.29, 0.717) is 0 Å². The summed E-state index contributed by atoms with van der Waals surface area (Å²) < 4.78 is 10.8. The fourth-order valence-electron chi connectivity index (χ4n) is 7.04. The molecule has 48 heavy (non-hydrogen) atoms. The maximum absolute atomic E-state index is 6.53. The monoisotopic (exact) mass is 625 g/mol. The van der Waals surface area contributed by atoms with Crippen LogP contribution in [0.4, 0.5) is 0 Å². The second-order valence-electron chi connectivity index (χ2n) is 12.5. The van der Waals surface area contributed by atoms with Crippen molar-refractivity contribution in [2.45, 2.75) is 34.6 Å². The van der Waals surface area contributed by atoms with Gasteiger partial charge in [-0.2, -0.15) is 5.10 Å². The first kappa shape index (κ1) is 29.4. The van der Waals surface area contributed by atoms with E-state index in [1.165, 1.54) is 33.2 Å². The Morgan fingerprint density at radius 3 is 2.12 bits per heavy atom. The van der Waals surface area contributed by atoms with Crippen molar-refractivity contribution in [3.63, 3.8) is 0 Å². The number of fused-ring (bicyclic) bond motifs is 3. The molecule has 0 aliphatic rings. The number of aryl methyl sites for hydroxylation is 4. The molecule has 0 atom stereocenters. The summed E-state index contributed by atoms with van der Waals surface area (Å²) in [6.07, 6.45) is 5.54.